The molecule has 2 nitrogen and oxygen atoms in total. The van der Waals surface area contributed by atoms with Crippen molar-refractivity contribution in [1.82, 2.24) is 5.32 Å². The van der Waals surface area contributed by atoms with E-state index in [1.807, 2.05) is 17.4 Å². The molecule has 1 N–H and O–H groups in total. The third-order valence-electron chi connectivity index (χ3n) is 3.42. The maximum atomic E-state index is 5.32. The fourth-order valence-corrected chi connectivity index (χ4v) is 3.89. The van der Waals surface area contributed by atoms with Gasteiger partial charge in [0.15, 0.2) is 0 Å². The highest BCUT2D eigenvalue weighted by molar-refractivity contribution is 9.10. The zero-order valence-corrected chi connectivity index (χ0v) is 15.2. The number of aryl methyl sites for hydroxylation is 1. The van der Waals surface area contributed by atoms with Crippen molar-refractivity contribution in [2.24, 2.45) is 0 Å². The average molecular weight is 368 g/mol. The maximum Gasteiger partial charge on any atom is 0.133 e. The molecule has 21 heavy (non-hydrogen) atoms. The summed E-state index contributed by atoms with van der Waals surface area (Å²) in [6.07, 6.45) is 2.22. The standard InChI is InChI=1S/C17H22BrNOS/c1-4-10-19-17(16-9-7-13(5-2)21-16)12-6-8-15(20-3)14(18)11-12/h6-9,11,17,19H,4-5,10H2,1-3H3. The second-order valence-corrected chi connectivity index (χ2v) is 6.99. The molecule has 0 aliphatic rings. The van der Waals surface area contributed by atoms with Gasteiger partial charge in [-0.25, -0.2) is 0 Å². The van der Waals surface area contributed by atoms with Crippen molar-refractivity contribution in [1.29, 1.82) is 0 Å². The minimum Gasteiger partial charge on any atom is -0.496 e. The fraction of sp³-hybridized carbons (Fsp3) is 0.412. The lowest BCUT2D eigenvalue weighted by molar-refractivity contribution is 0.411. The second-order valence-electron chi connectivity index (χ2n) is 4.94. The molecule has 1 heterocycles. The largest absolute Gasteiger partial charge is 0.496 e. The number of rotatable bonds is 7. The van der Waals surface area contributed by atoms with E-state index in [1.165, 1.54) is 15.3 Å². The molecule has 0 radical (unpaired) electrons. The molecule has 0 saturated heterocycles. The van der Waals surface area contributed by atoms with Crippen LogP contribution >= 0.6 is 27.3 Å². The molecule has 0 spiro atoms. The van der Waals surface area contributed by atoms with Crippen molar-refractivity contribution in [2.45, 2.75) is 32.7 Å². The Balaban J connectivity index is 2.32. The third kappa shape index (κ3) is 4.09. The Hall–Kier alpha value is -0.840. The molecule has 4 heteroatoms. The lowest BCUT2D eigenvalue weighted by Gasteiger charge is -2.19. The van der Waals surface area contributed by atoms with Gasteiger partial charge in [0.25, 0.3) is 0 Å². The lowest BCUT2D eigenvalue weighted by atomic mass is 10.0. The van der Waals surface area contributed by atoms with E-state index in [2.05, 4.69) is 59.4 Å². The first-order valence-electron chi connectivity index (χ1n) is 7.35. The summed E-state index contributed by atoms with van der Waals surface area (Å²) in [6.45, 7) is 5.40. The van der Waals surface area contributed by atoms with Crippen LogP contribution in [0.5, 0.6) is 5.75 Å². The van der Waals surface area contributed by atoms with Gasteiger partial charge in [0, 0.05) is 9.75 Å². The smallest absolute Gasteiger partial charge is 0.133 e. The van der Waals surface area contributed by atoms with Gasteiger partial charge in [-0.15, -0.1) is 11.3 Å². The molecule has 1 atom stereocenters. The molecule has 0 amide bonds. The van der Waals surface area contributed by atoms with E-state index in [0.29, 0.717) is 0 Å². The predicted octanol–water partition coefficient (Wildman–Crippen LogP) is 5.17. The number of thiophene rings is 1. The summed E-state index contributed by atoms with van der Waals surface area (Å²) in [7, 11) is 1.69. The van der Waals surface area contributed by atoms with Crippen molar-refractivity contribution >= 4 is 27.3 Å². The highest BCUT2D eigenvalue weighted by Gasteiger charge is 2.16. The molecule has 0 aliphatic heterocycles. The molecular formula is C17H22BrNOS. The Morgan fingerprint density at radius 2 is 2.05 bits per heavy atom. The number of methoxy groups -OCH3 is 1. The van der Waals surface area contributed by atoms with Gasteiger partial charge >= 0.3 is 0 Å². The van der Waals surface area contributed by atoms with Crippen LogP contribution in [-0.2, 0) is 6.42 Å². The third-order valence-corrected chi connectivity index (χ3v) is 5.34. The van der Waals surface area contributed by atoms with Crippen molar-refractivity contribution in [2.75, 3.05) is 13.7 Å². The van der Waals surface area contributed by atoms with E-state index in [0.717, 1.165) is 29.6 Å². The van der Waals surface area contributed by atoms with Crippen LogP contribution in [0, 0.1) is 0 Å². The highest BCUT2D eigenvalue weighted by Crippen LogP contribution is 2.33. The summed E-state index contributed by atoms with van der Waals surface area (Å²) in [5.74, 6) is 0.869. The van der Waals surface area contributed by atoms with Crippen LogP contribution in [0.2, 0.25) is 0 Å². The van der Waals surface area contributed by atoms with Gasteiger partial charge in [0.05, 0.1) is 17.6 Å². The van der Waals surface area contributed by atoms with Crippen molar-refractivity contribution < 1.29 is 4.74 Å². The van der Waals surface area contributed by atoms with Crippen LogP contribution in [0.4, 0.5) is 0 Å². The van der Waals surface area contributed by atoms with Crippen molar-refractivity contribution in [3.8, 4) is 5.75 Å². The number of benzene rings is 1. The summed E-state index contributed by atoms with van der Waals surface area (Å²) in [6, 6.07) is 11.0. The molecule has 2 aromatic rings. The van der Waals surface area contributed by atoms with E-state index in [1.54, 1.807) is 7.11 Å². The second kappa shape index (κ2) is 7.97. The van der Waals surface area contributed by atoms with Gasteiger partial charge in [-0.1, -0.05) is 19.9 Å². The molecular weight excluding hydrogens is 346 g/mol. The van der Waals surface area contributed by atoms with Gasteiger partial charge in [0.2, 0.25) is 0 Å². The zero-order valence-electron chi connectivity index (χ0n) is 12.8. The number of hydrogen-bond donors (Lipinski definition) is 1. The van der Waals surface area contributed by atoms with E-state index in [9.17, 15) is 0 Å². The van der Waals surface area contributed by atoms with Gasteiger partial charge in [0.1, 0.15) is 5.75 Å². The quantitative estimate of drug-likeness (QED) is 0.728. The molecule has 1 aromatic heterocycles. The average Bonchev–Trinajstić information content (AvgIpc) is 2.96. The number of ether oxygens (including phenoxy) is 1. The Bertz CT molecular complexity index is 582. The van der Waals surface area contributed by atoms with E-state index < -0.39 is 0 Å². The topological polar surface area (TPSA) is 21.3 Å². The molecule has 1 unspecified atom stereocenters. The summed E-state index contributed by atoms with van der Waals surface area (Å²) in [4.78, 5) is 2.80. The molecule has 2 rings (SSSR count). The Morgan fingerprint density at radius 3 is 2.62 bits per heavy atom. The summed E-state index contributed by atoms with van der Waals surface area (Å²) in [5, 5.41) is 3.65. The van der Waals surface area contributed by atoms with E-state index >= 15 is 0 Å². The Kier molecular flexibility index (Phi) is 6.27. The first-order chi connectivity index (χ1) is 10.2. The van der Waals surface area contributed by atoms with Gasteiger partial charge in [-0.2, -0.15) is 0 Å². The molecule has 0 aliphatic carbocycles. The minimum absolute atomic E-state index is 0.248. The first-order valence-corrected chi connectivity index (χ1v) is 8.96. The number of nitrogens with one attached hydrogen (secondary N) is 1. The summed E-state index contributed by atoms with van der Waals surface area (Å²) >= 11 is 5.48. The molecule has 114 valence electrons. The van der Waals surface area contributed by atoms with Crippen LogP contribution in [0.3, 0.4) is 0 Å². The molecule has 1 aromatic carbocycles. The summed E-state index contributed by atoms with van der Waals surface area (Å²) < 4.78 is 6.32. The highest BCUT2D eigenvalue weighted by atomic mass is 79.9. The zero-order chi connectivity index (χ0) is 15.2. The first kappa shape index (κ1) is 16.5. The Morgan fingerprint density at radius 1 is 1.24 bits per heavy atom. The van der Waals surface area contributed by atoms with Gasteiger partial charge in [-0.3, -0.25) is 0 Å². The van der Waals surface area contributed by atoms with E-state index in [4.69, 9.17) is 4.74 Å². The van der Waals surface area contributed by atoms with Crippen molar-refractivity contribution in [3.63, 3.8) is 0 Å². The normalized spacial score (nSPS) is 12.4. The van der Waals surface area contributed by atoms with Gasteiger partial charge in [-0.05, 0) is 65.1 Å². The monoisotopic (exact) mass is 367 g/mol. The minimum atomic E-state index is 0.248. The van der Waals surface area contributed by atoms with E-state index in [-0.39, 0.29) is 6.04 Å². The number of hydrogen-bond acceptors (Lipinski definition) is 3. The van der Waals surface area contributed by atoms with Crippen LogP contribution < -0.4 is 10.1 Å². The van der Waals surface area contributed by atoms with Crippen molar-refractivity contribution in [3.05, 3.63) is 50.1 Å². The fourth-order valence-electron chi connectivity index (χ4n) is 2.27. The van der Waals surface area contributed by atoms with Crippen LogP contribution in [0.1, 0.15) is 41.6 Å². The SMILES string of the molecule is CCCNC(c1ccc(OC)c(Br)c1)c1ccc(CC)s1. The van der Waals surface area contributed by atoms with Crippen LogP contribution in [0.25, 0.3) is 0 Å². The molecule has 0 fully saturated rings. The van der Waals surface area contributed by atoms with Gasteiger partial charge < -0.3 is 10.1 Å². The maximum absolute atomic E-state index is 5.32. The van der Waals surface area contributed by atoms with Crippen LogP contribution in [0.15, 0.2) is 34.8 Å². The Labute approximate surface area is 139 Å². The summed E-state index contributed by atoms with van der Waals surface area (Å²) in [5.41, 5.74) is 1.26. The lowest BCUT2D eigenvalue weighted by Crippen LogP contribution is -2.22. The number of halogens is 1. The van der Waals surface area contributed by atoms with Crippen LogP contribution in [-0.4, -0.2) is 13.7 Å². The molecule has 0 bridgehead atoms. The predicted molar refractivity (Wildman–Crippen MR) is 94.5 cm³/mol. The molecule has 0 saturated carbocycles.